The second kappa shape index (κ2) is 15.6. The summed E-state index contributed by atoms with van der Waals surface area (Å²) in [6, 6.07) is 0. The molecule has 132 valence electrons. The van der Waals surface area contributed by atoms with Crippen LogP contribution in [-0.4, -0.2) is 78.9 Å². The topological polar surface area (TPSA) is 81.4 Å². The van der Waals surface area contributed by atoms with Crippen LogP contribution in [0.25, 0.3) is 0 Å². The lowest BCUT2D eigenvalue weighted by Crippen LogP contribution is -2.24. The predicted octanol–water partition coefficient (Wildman–Crippen LogP) is 0.555. The van der Waals surface area contributed by atoms with E-state index in [1.807, 2.05) is 0 Å². The maximum Gasteiger partial charge on any atom is 0.157 e. The minimum atomic E-state index is -0.0421. The van der Waals surface area contributed by atoms with E-state index >= 15 is 0 Å². The molecular weight excluding hydrogens is 290 g/mol. The number of rotatable bonds is 15. The highest BCUT2D eigenvalue weighted by Crippen LogP contribution is 2.13. The summed E-state index contributed by atoms with van der Waals surface area (Å²) in [6.45, 7) is 6.46. The third-order valence-corrected chi connectivity index (χ3v) is 3.05. The molecule has 0 spiro atoms. The van der Waals surface area contributed by atoms with E-state index in [0.29, 0.717) is 66.0 Å². The lowest BCUT2D eigenvalue weighted by Gasteiger charge is -2.22. The fourth-order valence-corrected chi connectivity index (χ4v) is 1.93. The van der Waals surface area contributed by atoms with Gasteiger partial charge in [-0.15, -0.1) is 0 Å². The third-order valence-electron chi connectivity index (χ3n) is 3.05. The Morgan fingerprint density at radius 2 is 1.27 bits per heavy atom. The van der Waals surface area contributed by atoms with Crippen molar-refractivity contribution in [2.75, 3.05) is 72.6 Å². The molecule has 0 aromatic heterocycles. The first-order valence-corrected chi connectivity index (χ1v) is 8.17. The summed E-state index contributed by atoms with van der Waals surface area (Å²) in [5, 5.41) is 0. The highest BCUT2D eigenvalue weighted by molar-refractivity contribution is 4.53. The smallest absolute Gasteiger partial charge is 0.157 e. The highest BCUT2D eigenvalue weighted by Gasteiger charge is 2.13. The Bertz CT molecular complexity index is 226. The summed E-state index contributed by atoms with van der Waals surface area (Å²) in [5.74, 6) is 0. The second-order valence-corrected chi connectivity index (χ2v) is 4.91. The van der Waals surface area contributed by atoms with Crippen LogP contribution >= 0.6 is 0 Å². The van der Waals surface area contributed by atoms with Crippen molar-refractivity contribution >= 4 is 0 Å². The van der Waals surface area contributed by atoms with Gasteiger partial charge in [0, 0.05) is 13.2 Å². The minimum absolute atomic E-state index is 0.0421. The van der Waals surface area contributed by atoms with Gasteiger partial charge in [-0.2, -0.15) is 0 Å². The van der Waals surface area contributed by atoms with Crippen LogP contribution in [0.4, 0.5) is 0 Å². The average molecular weight is 321 g/mol. The molecular formula is C15H31NO6. The van der Waals surface area contributed by atoms with Gasteiger partial charge in [-0.05, 0) is 19.3 Å². The van der Waals surface area contributed by atoms with E-state index in [-0.39, 0.29) is 6.29 Å². The van der Waals surface area contributed by atoms with Gasteiger partial charge in [-0.1, -0.05) is 0 Å². The molecule has 0 aliphatic carbocycles. The van der Waals surface area contributed by atoms with Crippen LogP contribution in [0, 0.1) is 0 Å². The quantitative estimate of drug-likeness (QED) is 0.441. The van der Waals surface area contributed by atoms with Gasteiger partial charge >= 0.3 is 0 Å². The van der Waals surface area contributed by atoms with E-state index in [1.165, 1.54) is 6.42 Å². The van der Waals surface area contributed by atoms with E-state index in [4.69, 9.17) is 34.2 Å². The average Bonchev–Trinajstić information content (AvgIpc) is 2.56. The van der Waals surface area contributed by atoms with Gasteiger partial charge in [0.25, 0.3) is 0 Å². The van der Waals surface area contributed by atoms with Crippen LogP contribution in [0.2, 0.25) is 0 Å². The first kappa shape index (κ1) is 19.8. The van der Waals surface area contributed by atoms with Crippen molar-refractivity contribution in [2.24, 2.45) is 5.73 Å². The Hall–Kier alpha value is -0.280. The largest absolute Gasteiger partial charge is 0.378 e. The number of hydrogen-bond donors (Lipinski definition) is 1. The van der Waals surface area contributed by atoms with E-state index in [9.17, 15) is 0 Å². The normalized spacial score (nSPS) is 18.7. The Kier molecular flexibility index (Phi) is 14.0. The Morgan fingerprint density at radius 3 is 1.77 bits per heavy atom. The first-order chi connectivity index (χ1) is 10.9. The van der Waals surface area contributed by atoms with Gasteiger partial charge in [0.2, 0.25) is 0 Å². The molecule has 1 atom stereocenters. The summed E-state index contributed by atoms with van der Waals surface area (Å²) in [6.07, 6.45) is 3.26. The van der Waals surface area contributed by atoms with Crippen molar-refractivity contribution in [1.29, 1.82) is 0 Å². The highest BCUT2D eigenvalue weighted by atomic mass is 16.7. The molecule has 0 amide bonds. The zero-order chi connectivity index (χ0) is 15.7. The van der Waals surface area contributed by atoms with Crippen molar-refractivity contribution in [3.05, 3.63) is 0 Å². The monoisotopic (exact) mass is 321 g/mol. The molecule has 0 aromatic carbocycles. The molecule has 1 aliphatic heterocycles. The van der Waals surface area contributed by atoms with Crippen molar-refractivity contribution in [1.82, 2.24) is 0 Å². The Morgan fingerprint density at radius 1 is 0.727 bits per heavy atom. The van der Waals surface area contributed by atoms with Crippen LogP contribution in [0.3, 0.4) is 0 Å². The minimum Gasteiger partial charge on any atom is -0.378 e. The first-order valence-electron chi connectivity index (χ1n) is 8.17. The molecule has 1 aliphatic rings. The van der Waals surface area contributed by atoms with Crippen LogP contribution in [0.15, 0.2) is 0 Å². The molecule has 0 saturated carbocycles. The van der Waals surface area contributed by atoms with Crippen LogP contribution < -0.4 is 5.73 Å². The zero-order valence-corrected chi connectivity index (χ0v) is 13.5. The summed E-state index contributed by atoms with van der Waals surface area (Å²) < 4.78 is 32.3. The van der Waals surface area contributed by atoms with Crippen molar-refractivity contribution in [3.63, 3.8) is 0 Å². The van der Waals surface area contributed by atoms with Crippen molar-refractivity contribution in [3.8, 4) is 0 Å². The van der Waals surface area contributed by atoms with Crippen LogP contribution in [0.1, 0.15) is 19.3 Å². The molecule has 7 heteroatoms. The fraction of sp³-hybridized carbons (Fsp3) is 1.00. The molecule has 0 radical (unpaired) electrons. The molecule has 2 N–H and O–H groups in total. The fourth-order valence-electron chi connectivity index (χ4n) is 1.93. The number of hydrogen-bond acceptors (Lipinski definition) is 7. The van der Waals surface area contributed by atoms with E-state index in [1.54, 1.807) is 0 Å². The van der Waals surface area contributed by atoms with E-state index in [0.717, 1.165) is 19.4 Å². The predicted molar refractivity (Wildman–Crippen MR) is 81.9 cm³/mol. The van der Waals surface area contributed by atoms with Crippen molar-refractivity contribution in [2.45, 2.75) is 25.6 Å². The van der Waals surface area contributed by atoms with Gasteiger partial charge in [0.05, 0.1) is 59.5 Å². The SMILES string of the molecule is NCCOCCOCCOCCOCCOC1CCCCO1. The van der Waals surface area contributed by atoms with Gasteiger partial charge in [0.15, 0.2) is 6.29 Å². The summed E-state index contributed by atoms with van der Waals surface area (Å²) in [5.41, 5.74) is 5.29. The van der Waals surface area contributed by atoms with Gasteiger partial charge in [-0.3, -0.25) is 0 Å². The molecule has 1 heterocycles. The van der Waals surface area contributed by atoms with E-state index in [2.05, 4.69) is 0 Å². The molecule has 1 saturated heterocycles. The van der Waals surface area contributed by atoms with Crippen LogP contribution in [0.5, 0.6) is 0 Å². The zero-order valence-electron chi connectivity index (χ0n) is 13.5. The van der Waals surface area contributed by atoms with E-state index < -0.39 is 0 Å². The molecule has 7 nitrogen and oxygen atoms in total. The molecule has 0 aromatic rings. The Balaban J connectivity index is 1.68. The number of ether oxygens (including phenoxy) is 6. The van der Waals surface area contributed by atoms with Gasteiger partial charge in [-0.25, -0.2) is 0 Å². The molecule has 0 bridgehead atoms. The lowest BCUT2D eigenvalue weighted by molar-refractivity contribution is -0.169. The summed E-state index contributed by atoms with van der Waals surface area (Å²) >= 11 is 0. The number of nitrogens with two attached hydrogens (primary N) is 1. The maximum absolute atomic E-state index is 5.56. The molecule has 1 rings (SSSR count). The van der Waals surface area contributed by atoms with Gasteiger partial charge in [0.1, 0.15) is 0 Å². The van der Waals surface area contributed by atoms with Crippen LogP contribution in [-0.2, 0) is 28.4 Å². The maximum atomic E-state index is 5.56. The molecule has 22 heavy (non-hydrogen) atoms. The Labute approximate surface area is 133 Å². The standard InChI is InChI=1S/C15H31NO6/c16-4-6-17-7-8-18-9-10-19-11-12-20-13-14-22-15-3-1-2-5-21-15/h15H,1-14,16H2. The molecule has 1 unspecified atom stereocenters. The lowest BCUT2D eigenvalue weighted by atomic mass is 10.2. The third kappa shape index (κ3) is 12.3. The second-order valence-electron chi connectivity index (χ2n) is 4.91. The summed E-state index contributed by atoms with van der Waals surface area (Å²) in [7, 11) is 0. The van der Waals surface area contributed by atoms with Crippen molar-refractivity contribution < 1.29 is 28.4 Å². The molecule has 1 fully saturated rings. The summed E-state index contributed by atoms with van der Waals surface area (Å²) in [4.78, 5) is 0. The van der Waals surface area contributed by atoms with Gasteiger partial charge < -0.3 is 34.2 Å².